The van der Waals surface area contributed by atoms with E-state index in [1.165, 1.54) is 12.8 Å². The number of hydrogen-bond donors (Lipinski definition) is 1. The number of ketones is 1. The Morgan fingerprint density at radius 3 is 2.78 bits per heavy atom. The third kappa shape index (κ3) is 3.57. The van der Waals surface area contributed by atoms with Gasteiger partial charge in [0.1, 0.15) is 5.75 Å². The van der Waals surface area contributed by atoms with Crippen LogP contribution in [0.4, 0.5) is 0 Å². The van der Waals surface area contributed by atoms with Crippen molar-refractivity contribution in [3.05, 3.63) is 29.8 Å². The summed E-state index contributed by atoms with van der Waals surface area (Å²) in [5.41, 5.74) is 6.68. The lowest BCUT2D eigenvalue weighted by atomic mass is 10.0. The van der Waals surface area contributed by atoms with E-state index in [1.54, 1.807) is 0 Å². The summed E-state index contributed by atoms with van der Waals surface area (Å²) in [7, 11) is 0. The van der Waals surface area contributed by atoms with Gasteiger partial charge in [-0.2, -0.15) is 0 Å². The van der Waals surface area contributed by atoms with E-state index in [-0.39, 0.29) is 17.9 Å². The van der Waals surface area contributed by atoms with Crippen LogP contribution < -0.4 is 10.5 Å². The molecule has 0 heterocycles. The van der Waals surface area contributed by atoms with Crippen LogP contribution in [0.15, 0.2) is 24.3 Å². The summed E-state index contributed by atoms with van der Waals surface area (Å²) in [4.78, 5) is 12.1. The molecule has 0 spiro atoms. The van der Waals surface area contributed by atoms with Crippen molar-refractivity contribution in [2.45, 2.75) is 45.3 Å². The molecule has 1 fully saturated rings. The first-order chi connectivity index (χ1) is 8.56. The zero-order chi connectivity index (χ0) is 13.1. The van der Waals surface area contributed by atoms with Crippen molar-refractivity contribution < 1.29 is 9.53 Å². The van der Waals surface area contributed by atoms with Crippen LogP contribution in [0.1, 0.15) is 43.5 Å². The fourth-order valence-electron chi connectivity index (χ4n) is 2.04. The molecule has 1 aromatic rings. The van der Waals surface area contributed by atoms with Crippen molar-refractivity contribution in [3.8, 4) is 5.75 Å². The van der Waals surface area contributed by atoms with Gasteiger partial charge < -0.3 is 10.5 Å². The third-order valence-corrected chi connectivity index (χ3v) is 3.18. The Balaban J connectivity index is 2.00. The molecule has 18 heavy (non-hydrogen) atoms. The van der Waals surface area contributed by atoms with Gasteiger partial charge in [0.25, 0.3) is 0 Å². The van der Waals surface area contributed by atoms with E-state index < -0.39 is 0 Å². The quantitative estimate of drug-likeness (QED) is 0.786. The van der Waals surface area contributed by atoms with Crippen LogP contribution in [0.3, 0.4) is 0 Å². The predicted molar refractivity (Wildman–Crippen MR) is 71.9 cm³/mol. The molecule has 2 N–H and O–H groups in total. The number of benzene rings is 1. The number of ether oxygens (including phenoxy) is 1. The second-order valence-corrected chi connectivity index (χ2v) is 5.32. The van der Waals surface area contributed by atoms with Gasteiger partial charge in [0.15, 0.2) is 5.78 Å². The number of rotatable bonds is 6. The molecule has 1 aliphatic carbocycles. The standard InChI is InChI=1S/C15H21NO2/c1-10(2)18-13-5-3-4-12(8-13)15(17)9-14(16)11-6-7-11/h3-5,8,10-11,14H,6-7,9,16H2,1-2H3. The van der Waals surface area contributed by atoms with E-state index >= 15 is 0 Å². The molecule has 0 bridgehead atoms. The first-order valence-electron chi connectivity index (χ1n) is 6.61. The van der Waals surface area contributed by atoms with Gasteiger partial charge in [-0.1, -0.05) is 12.1 Å². The summed E-state index contributed by atoms with van der Waals surface area (Å²) in [5.74, 6) is 1.42. The van der Waals surface area contributed by atoms with Crippen LogP contribution in [0.5, 0.6) is 5.75 Å². The molecule has 1 aliphatic rings. The molecule has 1 atom stereocenters. The Morgan fingerprint density at radius 2 is 2.17 bits per heavy atom. The van der Waals surface area contributed by atoms with E-state index in [0.717, 1.165) is 5.75 Å². The molecule has 2 rings (SSSR count). The average Bonchev–Trinajstić information content (AvgIpc) is 3.12. The number of hydrogen-bond acceptors (Lipinski definition) is 3. The highest BCUT2D eigenvalue weighted by Crippen LogP contribution is 2.33. The maximum absolute atomic E-state index is 12.1. The molecule has 0 aromatic heterocycles. The van der Waals surface area contributed by atoms with Gasteiger partial charge in [-0.15, -0.1) is 0 Å². The average molecular weight is 247 g/mol. The summed E-state index contributed by atoms with van der Waals surface area (Å²) >= 11 is 0. The van der Waals surface area contributed by atoms with Crippen molar-refractivity contribution in [2.24, 2.45) is 11.7 Å². The highest BCUT2D eigenvalue weighted by Gasteiger charge is 2.30. The van der Waals surface area contributed by atoms with E-state index in [4.69, 9.17) is 10.5 Å². The zero-order valence-electron chi connectivity index (χ0n) is 11.1. The summed E-state index contributed by atoms with van der Waals surface area (Å²) in [6.07, 6.45) is 2.90. The molecule has 1 unspecified atom stereocenters. The molecule has 1 aromatic carbocycles. The van der Waals surface area contributed by atoms with Crippen molar-refractivity contribution in [2.75, 3.05) is 0 Å². The van der Waals surface area contributed by atoms with Crippen LogP contribution in [-0.2, 0) is 0 Å². The fourth-order valence-corrected chi connectivity index (χ4v) is 2.04. The van der Waals surface area contributed by atoms with Gasteiger partial charge in [-0.25, -0.2) is 0 Å². The smallest absolute Gasteiger partial charge is 0.164 e. The number of carbonyl (C=O) groups excluding carboxylic acids is 1. The summed E-state index contributed by atoms with van der Waals surface area (Å²) in [6, 6.07) is 7.38. The molecule has 0 radical (unpaired) electrons. The topological polar surface area (TPSA) is 52.3 Å². The minimum absolute atomic E-state index is 0.0205. The van der Waals surface area contributed by atoms with E-state index in [9.17, 15) is 4.79 Å². The SMILES string of the molecule is CC(C)Oc1cccc(C(=O)CC(N)C2CC2)c1. The van der Waals surface area contributed by atoms with Gasteiger partial charge >= 0.3 is 0 Å². The largest absolute Gasteiger partial charge is 0.491 e. The van der Waals surface area contributed by atoms with Crippen molar-refractivity contribution in [1.29, 1.82) is 0 Å². The zero-order valence-corrected chi connectivity index (χ0v) is 11.1. The highest BCUT2D eigenvalue weighted by molar-refractivity contribution is 5.96. The molecular weight excluding hydrogens is 226 g/mol. The molecular formula is C15H21NO2. The minimum atomic E-state index is 0.0205. The van der Waals surface area contributed by atoms with Crippen LogP contribution in [0, 0.1) is 5.92 Å². The van der Waals surface area contributed by atoms with Gasteiger partial charge in [-0.05, 0) is 44.7 Å². The lowest BCUT2D eigenvalue weighted by Crippen LogP contribution is -2.25. The summed E-state index contributed by atoms with van der Waals surface area (Å²) in [5, 5.41) is 0. The molecule has 98 valence electrons. The lowest BCUT2D eigenvalue weighted by molar-refractivity contribution is 0.0970. The Kier molecular flexibility index (Phi) is 4.02. The number of nitrogens with two attached hydrogens (primary N) is 1. The Labute approximate surface area is 108 Å². The third-order valence-electron chi connectivity index (χ3n) is 3.18. The van der Waals surface area contributed by atoms with Gasteiger partial charge in [0, 0.05) is 18.0 Å². The maximum atomic E-state index is 12.1. The van der Waals surface area contributed by atoms with Gasteiger partial charge in [0.2, 0.25) is 0 Å². The fraction of sp³-hybridized carbons (Fsp3) is 0.533. The second-order valence-electron chi connectivity index (χ2n) is 5.32. The van der Waals surface area contributed by atoms with E-state index in [2.05, 4.69) is 0 Å². The van der Waals surface area contributed by atoms with E-state index in [1.807, 2.05) is 38.1 Å². The monoisotopic (exact) mass is 247 g/mol. The van der Waals surface area contributed by atoms with Crippen molar-refractivity contribution >= 4 is 5.78 Å². The first-order valence-corrected chi connectivity index (χ1v) is 6.61. The maximum Gasteiger partial charge on any atom is 0.164 e. The van der Waals surface area contributed by atoms with Crippen molar-refractivity contribution in [3.63, 3.8) is 0 Å². The highest BCUT2D eigenvalue weighted by atomic mass is 16.5. The molecule has 0 saturated heterocycles. The minimum Gasteiger partial charge on any atom is -0.491 e. The van der Waals surface area contributed by atoms with Gasteiger partial charge in [0.05, 0.1) is 6.10 Å². The van der Waals surface area contributed by atoms with Gasteiger partial charge in [-0.3, -0.25) is 4.79 Å². The van der Waals surface area contributed by atoms with Crippen LogP contribution >= 0.6 is 0 Å². The molecule has 0 aliphatic heterocycles. The normalized spacial score (nSPS) is 16.7. The van der Waals surface area contributed by atoms with Crippen molar-refractivity contribution in [1.82, 2.24) is 0 Å². The van der Waals surface area contributed by atoms with Crippen LogP contribution in [-0.4, -0.2) is 17.9 Å². The molecule has 3 nitrogen and oxygen atoms in total. The van der Waals surface area contributed by atoms with Crippen LogP contribution in [0.25, 0.3) is 0 Å². The Morgan fingerprint density at radius 1 is 1.44 bits per heavy atom. The summed E-state index contributed by atoms with van der Waals surface area (Å²) < 4.78 is 5.59. The Bertz CT molecular complexity index is 424. The molecule has 3 heteroatoms. The molecule has 1 saturated carbocycles. The van der Waals surface area contributed by atoms with E-state index in [0.29, 0.717) is 17.9 Å². The predicted octanol–water partition coefficient (Wildman–Crippen LogP) is 2.78. The second kappa shape index (κ2) is 5.53. The number of Topliss-reactive ketones (excluding diaryl/α,β-unsaturated/α-hetero) is 1. The lowest BCUT2D eigenvalue weighted by Gasteiger charge is -2.12. The Hall–Kier alpha value is -1.35. The summed E-state index contributed by atoms with van der Waals surface area (Å²) in [6.45, 7) is 3.94. The van der Waals surface area contributed by atoms with Crippen LogP contribution in [0.2, 0.25) is 0 Å². The first kappa shape index (κ1) is 13.1. The molecule has 0 amide bonds. The number of carbonyl (C=O) groups is 1.